The number of pyridine rings is 1. The van der Waals surface area contributed by atoms with Crippen LogP contribution < -0.4 is 4.74 Å². The molecule has 1 aromatic heterocycles. The smallest absolute Gasteiger partial charge is 0.417 e. The van der Waals surface area contributed by atoms with E-state index in [2.05, 4.69) is 4.98 Å². The van der Waals surface area contributed by atoms with Crippen LogP contribution in [0.3, 0.4) is 0 Å². The number of aromatic nitrogens is 1. The molecule has 0 fully saturated rings. The lowest BCUT2D eigenvalue weighted by Gasteiger charge is -2.13. The highest BCUT2D eigenvalue weighted by Crippen LogP contribution is 2.38. The molecule has 0 saturated carbocycles. The molecule has 0 atom stereocenters. The number of hydrogen-bond acceptors (Lipinski definition) is 2. The molecule has 2 rings (SSSR count). The lowest BCUT2D eigenvalue weighted by Crippen LogP contribution is -2.07. The Hall–Kier alpha value is -2.04. The van der Waals surface area contributed by atoms with Gasteiger partial charge in [-0.1, -0.05) is 6.07 Å². The highest BCUT2D eigenvalue weighted by Gasteiger charge is 2.34. The predicted molar refractivity (Wildman–Crippen MR) is 61.2 cm³/mol. The third-order valence-corrected chi connectivity index (χ3v) is 2.47. The van der Waals surface area contributed by atoms with Crippen LogP contribution in [0.4, 0.5) is 13.2 Å². The van der Waals surface area contributed by atoms with Crippen LogP contribution in [0.15, 0.2) is 42.6 Å². The minimum atomic E-state index is -4.42. The first-order chi connectivity index (χ1) is 8.52. The minimum Gasteiger partial charge on any atom is -0.497 e. The quantitative estimate of drug-likeness (QED) is 0.812. The van der Waals surface area contributed by atoms with E-state index in [1.165, 1.54) is 31.5 Å². The van der Waals surface area contributed by atoms with Gasteiger partial charge in [-0.15, -0.1) is 0 Å². The van der Waals surface area contributed by atoms with Crippen LogP contribution in [0.1, 0.15) is 5.56 Å². The fourth-order valence-corrected chi connectivity index (χ4v) is 1.63. The van der Waals surface area contributed by atoms with Crippen molar-refractivity contribution >= 4 is 0 Å². The normalized spacial score (nSPS) is 11.3. The van der Waals surface area contributed by atoms with E-state index in [1.54, 1.807) is 12.1 Å². The summed E-state index contributed by atoms with van der Waals surface area (Å²) in [7, 11) is 1.41. The van der Waals surface area contributed by atoms with Gasteiger partial charge in [0.2, 0.25) is 0 Å². The number of methoxy groups -OCH3 is 1. The molecule has 1 heterocycles. The van der Waals surface area contributed by atoms with Crippen molar-refractivity contribution in [3.8, 4) is 17.0 Å². The molecule has 0 bridgehead atoms. The summed E-state index contributed by atoms with van der Waals surface area (Å²) < 4.78 is 43.7. The van der Waals surface area contributed by atoms with Crippen LogP contribution in [0.2, 0.25) is 0 Å². The van der Waals surface area contributed by atoms with E-state index in [0.29, 0.717) is 5.75 Å². The Balaban J connectivity index is 2.62. The second kappa shape index (κ2) is 4.68. The zero-order valence-electron chi connectivity index (χ0n) is 9.53. The summed E-state index contributed by atoms with van der Waals surface area (Å²) in [6.07, 6.45) is -2.96. The Morgan fingerprint density at radius 1 is 1.11 bits per heavy atom. The van der Waals surface area contributed by atoms with Crippen molar-refractivity contribution in [3.63, 3.8) is 0 Å². The lowest BCUT2D eigenvalue weighted by atomic mass is 10.0. The number of nitrogens with zero attached hydrogens (tertiary/aromatic N) is 1. The first-order valence-electron chi connectivity index (χ1n) is 5.19. The molecule has 0 N–H and O–H groups in total. The highest BCUT2D eigenvalue weighted by atomic mass is 19.4. The summed E-state index contributed by atoms with van der Waals surface area (Å²) in [5.74, 6) is 0.364. The number of benzene rings is 1. The molecule has 0 saturated heterocycles. The van der Waals surface area contributed by atoms with E-state index in [0.717, 1.165) is 6.07 Å². The van der Waals surface area contributed by atoms with Crippen molar-refractivity contribution in [2.24, 2.45) is 0 Å². The number of halogens is 3. The SMILES string of the molecule is COc1ccc(C(F)(F)F)c(-c2ccccn2)c1. The van der Waals surface area contributed by atoms with Gasteiger partial charge >= 0.3 is 6.18 Å². The Morgan fingerprint density at radius 2 is 1.89 bits per heavy atom. The van der Waals surface area contributed by atoms with Crippen LogP contribution >= 0.6 is 0 Å². The van der Waals surface area contributed by atoms with E-state index in [-0.39, 0.29) is 11.3 Å². The Kier molecular flexibility index (Phi) is 3.23. The van der Waals surface area contributed by atoms with E-state index in [1.807, 2.05) is 0 Å². The van der Waals surface area contributed by atoms with Gasteiger partial charge in [-0.2, -0.15) is 13.2 Å². The molecule has 0 aliphatic heterocycles. The maximum absolute atomic E-state index is 12.9. The van der Waals surface area contributed by atoms with Crippen LogP contribution in [0, 0.1) is 0 Å². The number of ether oxygens (including phenoxy) is 1. The van der Waals surface area contributed by atoms with Crippen LogP contribution in [-0.2, 0) is 6.18 Å². The monoisotopic (exact) mass is 253 g/mol. The molecule has 1 aromatic carbocycles. The topological polar surface area (TPSA) is 22.1 Å². The molecule has 0 unspecified atom stereocenters. The third kappa shape index (κ3) is 2.45. The zero-order chi connectivity index (χ0) is 13.2. The third-order valence-electron chi connectivity index (χ3n) is 2.47. The Morgan fingerprint density at radius 3 is 2.44 bits per heavy atom. The fraction of sp³-hybridized carbons (Fsp3) is 0.154. The largest absolute Gasteiger partial charge is 0.497 e. The molecule has 5 heteroatoms. The Labute approximate surface area is 102 Å². The van der Waals surface area contributed by atoms with Crippen molar-refractivity contribution in [1.29, 1.82) is 0 Å². The summed E-state index contributed by atoms with van der Waals surface area (Å²) in [5.41, 5.74) is -0.437. The summed E-state index contributed by atoms with van der Waals surface area (Å²) in [6, 6.07) is 8.45. The maximum atomic E-state index is 12.9. The highest BCUT2D eigenvalue weighted by molar-refractivity contribution is 5.66. The number of rotatable bonds is 2. The first-order valence-corrected chi connectivity index (χ1v) is 5.19. The summed E-state index contributed by atoms with van der Waals surface area (Å²) in [6.45, 7) is 0. The van der Waals surface area contributed by atoms with Gasteiger partial charge in [-0.3, -0.25) is 4.98 Å². The summed E-state index contributed by atoms with van der Waals surface area (Å²) >= 11 is 0. The van der Waals surface area contributed by atoms with Gasteiger partial charge in [0.25, 0.3) is 0 Å². The fourth-order valence-electron chi connectivity index (χ4n) is 1.63. The Bertz CT molecular complexity index is 538. The van der Waals surface area contributed by atoms with Gasteiger partial charge in [0.1, 0.15) is 5.75 Å². The van der Waals surface area contributed by atoms with E-state index >= 15 is 0 Å². The van der Waals surface area contributed by atoms with E-state index in [4.69, 9.17) is 4.74 Å². The van der Waals surface area contributed by atoms with Gasteiger partial charge in [0, 0.05) is 11.8 Å². The van der Waals surface area contributed by atoms with Crippen molar-refractivity contribution in [2.45, 2.75) is 6.18 Å². The van der Waals surface area contributed by atoms with Gasteiger partial charge < -0.3 is 4.74 Å². The maximum Gasteiger partial charge on any atom is 0.417 e. The summed E-state index contributed by atoms with van der Waals surface area (Å²) in [5, 5.41) is 0. The van der Waals surface area contributed by atoms with Crippen LogP contribution in [-0.4, -0.2) is 12.1 Å². The van der Waals surface area contributed by atoms with Crippen molar-refractivity contribution in [1.82, 2.24) is 4.98 Å². The average Bonchev–Trinajstić information content (AvgIpc) is 2.38. The molecule has 0 aliphatic carbocycles. The molecule has 94 valence electrons. The van der Waals surface area contributed by atoms with Crippen molar-refractivity contribution < 1.29 is 17.9 Å². The van der Waals surface area contributed by atoms with Gasteiger partial charge in [0.15, 0.2) is 0 Å². The molecule has 0 radical (unpaired) electrons. The molecule has 2 aromatic rings. The molecule has 0 amide bonds. The molecular weight excluding hydrogens is 243 g/mol. The van der Waals surface area contributed by atoms with Crippen molar-refractivity contribution in [2.75, 3.05) is 7.11 Å². The second-order valence-corrected chi connectivity index (χ2v) is 3.62. The standard InChI is InChI=1S/C13H10F3NO/c1-18-9-5-6-11(13(14,15)16)10(8-9)12-4-2-3-7-17-12/h2-8H,1H3. The molecule has 2 nitrogen and oxygen atoms in total. The number of hydrogen-bond donors (Lipinski definition) is 0. The van der Waals surface area contributed by atoms with Gasteiger partial charge in [-0.05, 0) is 30.3 Å². The van der Waals surface area contributed by atoms with Gasteiger partial charge in [0.05, 0.1) is 18.4 Å². The zero-order valence-corrected chi connectivity index (χ0v) is 9.53. The lowest BCUT2D eigenvalue weighted by molar-refractivity contribution is -0.137. The molecule has 0 spiro atoms. The molecule has 18 heavy (non-hydrogen) atoms. The number of alkyl halides is 3. The molecule has 0 aliphatic rings. The molecular formula is C13H10F3NO. The second-order valence-electron chi connectivity index (χ2n) is 3.62. The predicted octanol–water partition coefficient (Wildman–Crippen LogP) is 3.78. The van der Waals surface area contributed by atoms with Crippen LogP contribution in [0.5, 0.6) is 5.75 Å². The van der Waals surface area contributed by atoms with Gasteiger partial charge in [-0.25, -0.2) is 0 Å². The van der Waals surface area contributed by atoms with Crippen molar-refractivity contribution in [3.05, 3.63) is 48.2 Å². The average molecular weight is 253 g/mol. The van der Waals surface area contributed by atoms with E-state index in [9.17, 15) is 13.2 Å². The summed E-state index contributed by atoms with van der Waals surface area (Å²) in [4.78, 5) is 3.94. The van der Waals surface area contributed by atoms with E-state index < -0.39 is 11.7 Å². The minimum absolute atomic E-state index is 0.0162. The van der Waals surface area contributed by atoms with Crippen LogP contribution in [0.25, 0.3) is 11.3 Å². The first kappa shape index (κ1) is 12.4.